The Morgan fingerprint density at radius 3 is 2.29 bits per heavy atom. The first kappa shape index (κ1) is 23.8. The van der Waals surface area contributed by atoms with Gasteiger partial charge in [0.1, 0.15) is 5.75 Å². The number of anilines is 1. The van der Waals surface area contributed by atoms with E-state index in [2.05, 4.69) is 24.3 Å². The molecule has 4 rings (SSSR count). The largest absolute Gasteiger partial charge is 0.497 e. The molecule has 1 saturated heterocycles. The molecule has 0 saturated carbocycles. The fourth-order valence-corrected chi connectivity index (χ4v) is 5.59. The van der Waals surface area contributed by atoms with Crippen LogP contribution in [0.25, 0.3) is 0 Å². The van der Waals surface area contributed by atoms with Gasteiger partial charge < -0.3 is 9.64 Å². The van der Waals surface area contributed by atoms with Gasteiger partial charge in [-0.2, -0.15) is 0 Å². The number of piperidine rings is 1. The van der Waals surface area contributed by atoms with Gasteiger partial charge >= 0.3 is 0 Å². The molecule has 6 nitrogen and oxygen atoms in total. The van der Waals surface area contributed by atoms with Crippen LogP contribution in [0.1, 0.15) is 28.8 Å². The number of carbonyl (C=O) groups is 1. The van der Waals surface area contributed by atoms with Gasteiger partial charge in [-0.3, -0.25) is 9.10 Å². The molecule has 1 heterocycles. The summed E-state index contributed by atoms with van der Waals surface area (Å²) in [6.45, 7) is 1.36. The Kier molecular flexibility index (Phi) is 7.22. The lowest BCUT2D eigenvalue weighted by atomic mass is 9.90. The fourth-order valence-electron chi connectivity index (χ4n) is 4.35. The summed E-state index contributed by atoms with van der Waals surface area (Å²) >= 11 is 0. The van der Waals surface area contributed by atoms with Crippen molar-refractivity contribution >= 4 is 21.6 Å². The van der Waals surface area contributed by atoms with Crippen molar-refractivity contribution in [1.82, 2.24) is 4.90 Å². The Morgan fingerprint density at radius 2 is 1.65 bits per heavy atom. The maximum absolute atomic E-state index is 13.2. The van der Waals surface area contributed by atoms with Crippen LogP contribution in [0.15, 0.2) is 83.8 Å². The first-order valence-electron chi connectivity index (χ1n) is 11.4. The number of hydrogen-bond donors (Lipinski definition) is 0. The maximum Gasteiger partial charge on any atom is 0.264 e. The quantitative estimate of drug-likeness (QED) is 0.497. The summed E-state index contributed by atoms with van der Waals surface area (Å²) in [5.41, 5.74) is 2.23. The van der Waals surface area contributed by atoms with E-state index in [-0.39, 0.29) is 10.8 Å². The lowest BCUT2D eigenvalue weighted by Gasteiger charge is -2.32. The first-order chi connectivity index (χ1) is 16.4. The molecule has 0 aliphatic carbocycles. The second-order valence-corrected chi connectivity index (χ2v) is 10.6. The van der Waals surface area contributed by atoms with E-state index in [1.54, 1.807) is 43.5 Å². The zero-order valence-corrected chi connectivity index (χ0v) is 20.4. The van der Waals surface area contributed by atoms with E-state index in [1.807, 2.05) is 11.0 Å². The van der Waals surface area contributed by atoms with E-state index < -0.39 is 10.0 Å². The molecule has 3 aromatic carbocycles. The summed E-state index contributed by atoms with van der Waals surface area (Å²) in [5.74, 6) is 1.08. The van der Waals surface area contributed by atoms with Gasteiger partial charge in [-0.1, -0.05) is 36.4 Å². The molecule has 1 aliphatic heterocycles. The number of likely N-dealkylation sites (tertiary alicyclic amines) is 1. The lowest BCUT2D eigenvalue weighted by Crippen LogP contribution is -2.39. The Bertz CT molecular complexity index is 1220. The van der Waals surface area contributed by atoms with E-state index in [4.69, 9.17) is 4.74 Å². The van der Waals surface area contributed by atoms with Crippen molar-refractivity contribution in [1.29, 1.82) is 0 Å². The zero-order chi connectivity index (χ0) is 24.1. The summed E-state index contributed by atoms with van der Waals surface area (Å²) in [4.78, 5) is 15.1. The molecule has 0 unspecified atom stereocenters. The van der Waals surface area contributed by atoms with Crippen molar-refractivity contribution in [2.45, 2.75) is 24.2 Å². The SMILES string of the molecule is COc1ccc(N(C)S(=O)(=O)c2cccc(C(=O)N3CCC(Cc4ccccc4)CC3)c2)cc1. The van der Waals surface area contributed by atoms with Crippen molar-refractivity contribution in [2.24, 2.45) is 5.92 Å². The molecule has 0 spiro atoms. The second-order valence-electron chi connectivity index (χ2n) is 8.62. The Morgan fingerprint density at radius 1 is 0.971 bits per heavy atom. The van der Waals surface area contributed by atoms with Crippen molar-refractivity contribution < 1.29 is 17.9 Å². The van der Waals surface area contributed by atoms with Crippen LogP contribution in [-0.2, 0) is 16.4 Å². The Balaban J connectivity index is 1.43. The summed E-state index contributed by atoms with van der Waals surface area (Å²) in [7, 11) is -0.758. The molecule has 0 aromatic heterocycles. The molecule has 7 heteroatoms. The van der Waals surface area contributed by atoms with Crippen LogP contribution in [0, 0.1) is 5.92 Å². The highest BCUT2D eigenvalue weighted by Crippen LogP contribution is 2.26. The molecular formula is C27H30N2O4S. The summed E-state index contributed by atoms with van der Waals surface area (Å²) < 4.78 is 32.8. The van der Waals surface area contributed by atoms with Crippen LogP contribution < -0.4 is 9.04 Å². The number of rotatable bonds is 7. The number of ether oxygens (including phenoxy) is 1. The molecule has 0 N–H and O–H groups in total. The monoisotopic (exact) mass is 478 g/mol. The molecule has 1 aliphatic rings. The number of nitrogens with zero attached hydrogens (tertiary/aromatic N) is 2. The van der Waals surface area contributed by atoms with Crippen molar-refractivity contribution in [3.63, 3.8) is 0 Å². The summed E-state index contributed by atoms with van der Waals surface area (Å²) in [5, 5.41) is 0. The lowest BCUT2D eigenvalue weighted by molar-refractivity contribution is 0.0690. The number of sulfonamides is 1. The number of carbonyl (C=O) groups excluding carboxylic acids is 1. The molecule has 0 radical (unpaired) electrons. The number of hydrogen-bond acceptors (Lipinski definition) is 4. The Hall–Kier alpha value is -3.32. The van der Waals surface area contributed by atoms with Gasteiger partial charge in [-0.25, -0.2) is 8.42 Å². The fraction of sp³-hybridized carbons (Fsp3) is 0.296. The van der Waals surface area contributed by atoms with Crippen LogP contribution in [0.5, 0.6) is 5.75 Å². The van der Waals surface area contributed by atoms with E-state index >= 15 is 0 Å². The number of methoxy groups -OCH3 is 1. The maximum atomic E-state index is 13.2. The molecule has 0 atom stereocenters. The highest BCUT2D eigenvalue weighted by Gasteiger charge is 2.26. The molecule has 1 fully saturated rings. The van der Waals surface area contributed by atoms with Crippen LogP contribution in [0.3, 0.4) is 0 Å². The molecule has 1 amide bonds. The van der Waals surface area contributed by atoms with Crippen molar-refractivity contribution in [3.8, 4) is 5.75 Å². The van der Waals surface area contributed by atoms with Gasteiger partial charge in [-0.15, -0.1) is 0 Å². The molecule has 178 valence electrons. The minimum absolute atomic E-state index is 0.0932. The van der Waals surface area contributed by atoms with Crippen molar-refractivity contribution in [3.05, 3.63) is 90.0 Å². The number of amides is 1. The van der Waals surface area contributed by atoms with Gasteiger partial charge in [0.25, 0.3) is 15.9 Å². The van der Waals surface area contributed by atoms with E-state index in [0.717, 1.165) is 19.3 Å². The van der Waals surface area contributed by atoms with E-state index in [1.165, 1.54) is 29.0 Å². The third kappa shape index (κ3) is 5.25. The van der Waals surface area contributed by atoms with Crippen LogP contribution in [0.2, 0.25) is 0 Å². The standard InChI is InChI=1S/C27H30N2O4S/c1-28(24-11-13-25(33-2)14-12-24)34(31,32)26-10-6-9-23(20-26)27(30)29-17-15-22(16-18-29)19-21-7-4-3-5-8-21/h3-14,20,22H,15-19H2,1-2H3. The first-order valence-corrected chi connectivity index (χ1v) is 12.9. The molecule has 0 bridgehead atoms. The van der Waals surface area contributed by atoms with Crippen molar-refractivity contribution in [2.75, 3.05) is 31.6 Å². The minimum Gasteiger partial charge on any atom is -0.497 e. The summed E-state index contributed by atoms with van der Waals surface area (Å²) in [6, 6.07) is 23.5. The smallest absolute Gasteiger partial charge is 0.264 e. The predicted octanol–water partition coefficient (Wildman–Crippen LogP) is 4.62. The Labute approximate surface area is 201 Å². The molecular weight excluding hydrogens is 448 g/mol. The summed E-state index contributed by atoms with van der Waals surface area (Å²) in [6.07, 6.45) is 2.91. The van der Waals surface area contributed by atoms with Gasteiger partial charge in [0.15, 0.2) is 0 Å². The number of benzene rings is 3. The normalized spacial score (nSPS) is 14.6. The van der Waals surface area contributed by atoms with Gasteiger partial charge in [0.05, 0.1) is 17.7 Å². The average molecular weight is 479 g/mol. The van der Waals surface area contributed by atoms with Gasteiger partial charge in [-0.05, 0) is 73.2 Å². The topological polar surface area (TPSA) is 66.9 Å². The second kappa shape index (κ2) is 10.3. The third-order valence-corrected chi connectivity index (χ3v) is 8.23. The average Bonchev–Trinajstić information content (AvgIpc) is 2.89. The van der Waals surface area contributed by atoms with Gasteiger partial charge in [0.2, 0.25) is 0 Å². The highest BCUT2D eigenvalue weighted by molar-refractivity contribution is 7.92. The van der Waals surface area contributed by atoms with Crippen LogP contribution in [-0.4, -0.2) is 46.5 Å². The van der Waals surface area contributed by atoms with Crippen LogP contribution >= 0.6 is 0 Å². The van der Waals surface area contributed by atoms with Crippen LogP contribution in [0.4, 0.5) is 5.69 Å². The molecule has 3 aromatic rings. The predicted molar refractivity (Wildman–Crippen MR) is 134 cm³/mol. The van der Waals surface area contributed by atoms with E-state index in [9.17, 15) is 13.2 Å². The third-order valence-electron chi connectivity index (χ3n) is 6.44. The van der Waals surface area contributed by atoms with E-state index in [0.29, 0.717) is 36.0 Å². The molecule has 34 heavy (non-hydrogen) atoms. The highest BCUT2D eigenvalue weighted by atomic mass is 32.2. The zero-order valence-electron chi connectivity index (χ0n) is 19.6. The van der Waals surface area contributed by atoms with Gasteiger partial charge in [0, 0.05) is 25.7 Å². The minimum atomic E-state index is -3.82.